The number of rotatable bonds is 3. The molecule has 4 fully saturated rings. The Morgan fingerprint density at radius 1 is 0.868 bits per heavy atom. The second-order valence-electron chi connectivity index (χ2n) is 15.9. The Hall–Kier alpha value is -3.88. The van der Waals surface area contributed by atoms with Gasteiger partial charge in [-0.05, 0) is 74.0 Å². The molecule has 0 unspecified atom stereocenters. The molecule has 5 bridgehead atoms. The molecule has 5 amide bonds. The molecule has 15 heteroatoms. The summed E-state index contributed by atoms with van der Waals surface area (Å²) in [5.41, 5.74) is 2.00. The van der Waals surface area contributed by atoms with Crippen molar-refractivity contribution in [2.75, 3.05) is 13.2 Å². The molecule has 0 spiro atoms. The van der Waals surface area contributed by atoms with Gasteiger partial charge in [-0.2, -0.15) is 0 Å². The van der Waals surface area contributed by atoms with Crippen molar-refractivity contribution in [3.05, 3.63) is 34.9 Å². The van der Waals surface area contributed by atoms with Crippen LogP contribution in [0.1, 0.15) is 119 Å². The standard InChI is InChI=1S/C38H53N5O9S/c44-33-32-20-28-23-43(32)34(45)31(16-9-5-1-4-8-15-27-21-38(27,40-33)35(46)41-53(49,50)29-17-18-29)39-36(47)51-19-10-6-2-3-7-12-25-13-11-14-26-22-42(24-30(25)26)37(48)52-28/h11,13-14,27-29,31-32H,1-10,12,15-24H2,(H,39,47)(H,40,44)(H,41,46)/t27-,28-,31+,32+,38-/m1/s1. The Morgan fingerprint density at radius 3 is 2.38 bits per heavy atom. The number of ether oxygens (including phenoxy) is 2. The average molecular weight is 756 g/mol. The van der Waals surface area contributed by atoms with E-state index in [1.165, 1.54) is 10.5 Å². The van der Waals surface area contributed by atoms with Crippen molar-refractivity contribution in [1.29, 1.82) is 0 Å². The van der Waals surface area contributed by atoms with E-state index in [2.05, 4.69) is 21.4 Å². The second kappa shape index (κ2) is 15.8. The summed E-state index contributed by atoms with van der Waals surface area (Å²) in [6.45, 7) is 0.958. The maximum atomic E-state index is 14.4. The third kappa shape index (κ3) is 8.60. The van der Waals surface area contributed by atoms with Gasteiger partial charge in [-0.15, -0.1) is 0 Å². The molecule has 0 aromatic heterocycles. The molecule has 1 aromatic carbocycles. The van der Waals surface area contributed by atoms with E-state index in [-0.39, 0.29) is 31.9 Å². The second-order valence-corrected chi connectivity index (χ2v) is 17.9. The summed E-state index contributed by atoms with van der Waals surface area (Å²) >= 11 is 0. The van der Waals surface area contributed by atoms with Crippen LogP contribution in [0.25, 0.3) is 0 Å². The normalized spacial score (nSPS) is 30.7. The van der Waals surface area contributed by atoms with Gasteiger partial charge in [-0.25, -0.2) is 18.0 Å². The number of carbonyl (C=O) groups is 5. The Labute approximate surface area is 311 Å². The van der Waals surface area contributed by atoms with Crippen molar-refractivity contribution in [3.63, 3.8) is 0 Å². The SMILES string of the molecule is O=C1N[C@H]2CCCCCCC[C@@H]3C[C@@]3(C(=O)NS(=O)(=O)C3CC3)NC(=O)[C@@H]3C[C@H](CN3C2=O)OC(=O)N2Cc3cccc(c3C2)CCCCCCCO1. The van der Waals surface area contributed by atoms with Crippen molar-refractivity contribution in [2.45, 2.75) is 151 Å². The van der Waals surface area contributed by atoms with E-state index >= 15 is 0 Å². The van der Waals surface area contributed by atoms with Gasteiger partial charge in [0.2, 0.25) is 21.8 Å². The lowest BCUT2D eigenvalue weighted by atomic mass is 9.98. The number of carbonyl (C=O) groups excluding carboxylic acids is 5. The van der Waals surface area contributed by atoms with Crippen molar-refractivity contribution in [2.24, 2.45) is 5.92 Å². The Bertz CT molecular complexity index is 1700. The summed E-state index contributed by atoms with van der Waals surface area (Å²) in [5, 5.41) is 5.05. The molecule has 4 heterocycles. The molecule has 290 valence electrons. The van der Waals surface area contributed by atoms with E-state index in [4.69, 9.17) is 9.47 Å². The highest BCUT2D eigenvalue weighted by atomic mass is 32.2. The third-order valence-corrected chi connectivity index (χ3v) is 13.8. The largest absolute Gasteiger partial charge is 0.450 e. The molecule has 2 saturated carbocycles. The van der Waals surface area contributed by atoms with Crippen LogP contribution in [0.5, 0.6) is 0 Å². The summed E-state index contributed by atoms with van der Waals surface area (Å²) in [4.78, 5) is 72.0. The smallest absolute Gasteiger partial charge is 0.410 e. The number of nitrogens with zero attached hydrogens (tertiary/aromatic N) is 2. The van der Waals surface area contributed by atoms with Gasteiger partial charge in [0.15, 0.2) is 0 Å². The number of hydrogen-bond donors (Lipinski definition) is 3. The van der Waals surface area contributed by atoms with Crippen molar-refractivity contribution < 1.29 is 41.9 Å². The molecule has 2 aliphatic carbocycles. The van der Waals surface area contributed by atoms with Crippen LogP contribution in [0.2, 0.25) is 0 Å². The minimum absolute atomic E-state index is 0.0186. The van der Waals surface area contributed by atoms with E-state index in [0.717, 1.165) is 68.9 Å². The predicted molar refractivity (Wildman–Crippen MR) is 193 cm³/mol. The summed E-state index contributed by atoms with van der Waals surface area (Å²) in [7, 11) is -3.87. The highest BCUT2D eigenvalue weighted by Gasteiger charge is 2.62. The first-order valence-corrected chi connectivity index (χ1v) is 21.3. The lowest BCUT2D eigenvalue weighted by Crippen LogP contribution is -2.58. The van der Waals surface area contributed by atoms with Crippen LogP contribution in [0, 0.1) is 5.92 Å². The molecular weight excluding hydrogens is 703 g/mol. The minimum atomic E-state index is -3.87. The number of fused-ring (bicyclic) bond motifs is 4. The molecule has 2 saturated heterocycles. The van der Waals surface area contributed by atoms with Crippen molar-refractivity contribution in [1.82, 2.24) is 25.2 Å². The fourth-order valence-corrected chi connectivity index (χ4v) is 9.99. The third-order valence-electron chi connectivity index (χ3n) is 12.0. The molecule has 1 aromatic rings. The van der Waals surface area contributed by atoms with E-state index < -0.39 is 68.9 Å². The maximum absolute atomic E-state index is 14.4. The first-order chi connectivity index (χ1) is 25.5. The fourth-order valence-electron chi connectivity index (χ4n) is 8.62. The monoisotopic (exact) mass is 755 g/mol. The molecule has 53 heavy (non-hydrogen) atoms. The molecule has 4 aliphatic heterocycles. The van der Waals surface area contributed by atoms with E-state index in [9.17, 15) is 32.4 Å². The van der Waals surface area contributed by atoms with Crippen LogP contribution < -0.4 is 15.4 Å². The minimum Gasteiger partial charge on any atom is -0.450 e. The van der Waals surface area contributed by atoms with Crippen LogP contribution in [-0.2, 0) is 53.4 Å². The summed E-state index contributed by atoms with van der Waals surface area (Å²) in [5.74, 6) is -2.12. The summed E-state index contributed by atoms with van der Waals surface area (Å²) in [6.07, 6.45) is 9.73. The maximum Gasteiger partial charge on any atom is 0.410 e. The topological polar surface area (TPSA) is 181 Å². The van der Waals surface area contributed by atoms with Gasteiger partial charge < -0.3 is 25.0 Å². The first-order valence-electron chi connectivity index (χ1n) is 19.7. The summed E-state index contributed by atoms with van der Waals surface area (Å²) < 4.78 is 39.4. The van der Waals surface area contributed by atoms with Gasteiger partial charge in [0, 0.05) is 19.5 Å². The summed E-state index contributed by atoms with van der Waals surface area (Å²) in [6, 6.07) is 4.05. The number of cyclic esters (lactones) is 1. The van der Waals surface area contributed by atoms with Gasteiger partial charge in [0.05, 0.1) is 18.4 Å². The number of alkyl carbamates (subject to hydrolysis) is 1. The molecule has 0 radical (unpaired) electrons. The lowest BCUT2D eigenvalue weighted by Gasteiger charge is -2.29. The number of sulfonamides is 1. The van der Waals surface area contributed by atoms with Gasteiger partial charge in [-0.1, -0.05) is 69.6 Å². The highest BCUT2D eigenvalue weighted by molar-refractivity contribution is 7.91. The van der Waals surface area contributed by atoms with Crippen molar-refractivity contribution in [3.8, 4) is 0 Å². The average Bonchev–Trinajstić information content (AvgIpc) is 4.01. The molecule has 5 atom stereocenters. The number of hydrogen-bond acceptors (Lipinski definition) is 9. The van der Waals surface area contributed by atoms with Crippen LogP contribution in [0.15, 0.2) is 18.2 Å². The zero-order chi connectivity index (χ0) is 37.2. The first kappa shape index (κ1) is 37.4. The fraction of sp³-hybridized carbons (Fsp3) is 0.711. The van der Waals surface area contributed by atoms with Crippen LogP contribution in [0.3, 0.4) is 0 Å². The molecule has 7 rings (SSSR count). The van der Waals surface area contributed by atoms with E-state index in [1.54, 1.807) is 4.90 Å². The van der Waals surface area contributed by atoms with Crippen LogP contribution in [0.4, 0.5) is 9.59 Å². The highest BCUT2D eigenvalue weighted by Crippen LogP contribution is 2.48. The van der Waals surface area contributed by atoms with Crippen molar-refractivity contribution >= 4 is 39.9 Å². The number of benzene rings is 1. The van der Waals surface area contributed by atoms with Gasteiger partial charge in [0.25, 0.3) is 5.91 Å². The quantitative estimate of drug-likeness (QED) is 0.412. The zero-order valence-electron chi connectivity index (χ0n) is 30.4. The predicted octanol–water partition coefficient (Wildman–Crippen LogP) is 3.94. The van der Waals surface area contributed by atoms with Crippen LogP contribution >= 0.6 is 0 Å². The molecule has 6 aliphatic rings. The van der Waals surface area contributed by atoms with Crippen LogP contribution in [-0.4, -0.2) is 90.3 Å². The lowest BCUT2D eigenvalue weighted by molar-refractivity contribution is -0.141. The number of aryl methyl sites for hydroxylation is 1. The number of nitrogens with one attached hydrogen (secondary N) is 3. The van der Waals surface area contributed by atoms with Gasteiger partial charge in [-0.3, -0.25) is 24.0 Å². The molecule has 14 nitrogen and oxygen atoms in total. The van der Waals surface area contributed by atoms with Gasteiger partial charge in [0.1, 0.15) is 23.7 Å². The Morgan fingerprint density at radius 2 is 1.58 bits per heavy atom. The number of amides is 5. The molecular formula is C38H53N5O9S. The van der Waals surface area contributed by atoms with E-state index in [0.29, 0.717) is 51.6 Å². The zero-order valence-corrected chi connectivity index (χ0v) is 31.3. The Balaban J connectivity index is 1.15. The molecule has 3 N–H and O–H groups in total. The van der Waals surface area contributed by atoms with Gasteiger partial charge >= 0.3 is 12.2 Å². The van der Waals surface area contributed by atoms with E-state index in [1.807, 2.05) is 12.1 Å². The Kier molecular flexibility index (Phi) is 11.2.